The van der Waals surface area contributed by atoms with Gasteiger partial charge in [-0.3, -0.25) is 9.78 Å². The zero-order chi connectivity index (χ0) is 23.9. The molecule has 0 atom stereocenters. The zero-order valence-electron chi connectivity index (χ0n) is 17.8. The lowest BCUT2D eigenvalue weighted by Gasteiger charge is -2.30. The Morgan fingerprint density at radius 1 is 1.09 bits per heavy atom. The van der Waals surface area contributed by atoms with E-state index in [1.165, 1.54) is 12.1 Å². The molecular formula is C23H20ClF3N6O. The number of hydrogen-bond acceptors (Lipinski definition) is 5. The van der Waals surface area contributed by atoms with Crippen molar-refractivity contribution in [3.05, 3.63) is 65.5 Å². The fourth-order valence-corrected chi connectivity index (χ4v) is 4.45. The van der Waals surface area contributed by atoms with Crippen molar-refractivity contribution in [1.82, 2.24) is 24.7 Å². The number of nitrogens with zero attached hydrogens (tertiary/aromatic N) is 4. The van der Waals surface area contributed by atoms with E-state index in [9.17, 15) is 18.0 Å². The van der Waals surface area contributed by atoms with E-state index in [0.717, 1.165) is 6.07 Å². The molecule has 0 spiro atoms. The number of fused-ring (bicyclic) bond motifs is 2. The van der Waals surface area contributed by atoms with Gasteiger partial charge < -0.3 is 15.0 Å². The maximum Gasteiger partial charge on any atom is 0.433 e. The van der Waals surface area contributed by atoms with Crippen molar-refractivity contribution in [2.45, 2.75) is 43.9 Å². The number of carbonyl (C=O) groups is 1. The summed E-state index contributed by atoms with van der Waals surface area (Å²) in [7, 11) is 0. The van der Waals surface area contributed by atoms with Gasteiger partial charge in [-0.2, -0.15) is 13.2 Å². The van der Waals surface area contributed by atoms with Crippen LogP contribution in [0, 0.1) is 0 Å². The summed E-state index contributed by atoms with van der Waals surface area (Å²) in [4.78, 5) is 24.6. The van der Waals surface area contributed by atoms with Crippen LogP contribution in [0.3, 0.4) is 0 Å². The molecule has 0 radical (unpaired) electrons. The number of rotatable bonds is 4. The first-order valence-corrected chi connectivity index (χ1v) is 11.2. The van der Waals surface area contributed by atoms with Crippen molar-refractivity contribution in [2.24, 2.45) is 0 Å². The number of benzene rings is 1. The Labute approximate surface area is 197 Å². The van der Waals surface area contributed by atoms with Gasteiger partial charge in [-0.1, -0.05) is 11.6 Å². The Hall–Kier alpha value is -3.40. The fourth-order valence-electron chi connectivity index (χ4n) is 4.28. The largest absolute Gasteiger partial charge is 0.433 e. The highest BCUT2D eigenvalue weighted by molar-refractivity contribution is 6.31. The van der Waals surface area contributed by atoms with E-state index < -0.39 is 11.9 Å². The minimum atomic E-state index is -4.56. The number of anilines is 1. The van der Waals surface area contributed by atoms with Crippen LogP contribution < -0.4 is 10.6 Å². The third kappa shape index (κ3) is 4.63. The van der Waals surface area contributed by atoms with Gasteiger partial charge in [0.25, 0.3) is 5.91 Å². The Balaban J connectivity index is 1.26. The molecule has 0 aliphatic heterocycles. The van der Waals surface area contributed by atoms with Crippen LogP contribution in [0.1, 0.15) is 41.9 Å². The van der Waals surface area contributed by atoms with Gasteiger partial charge in [0, 0.05) is 46.8 Å². The molecular weight excluding hydrogens is 469 g/mol. The molecule has 34 heavy (non-hydrogen) atoms. The van der Waals surface area contributed by atoms with E-state index in [4.69, 9.17) is 11.6 Å². The number of aromatic nitrogens is 4. The molecule has 1 aromatic carbocycles. The molecule has 3 aromatic heterocycles. The van der Waals surface area contributed by atoms with E-state index >= 15 is 0 Å². The average Bonchev–Trinajstić information content (AvgIpc) is 3.24. The molecule has 1 saturated carbocycles. The highest BCUT2D eigenvalue weighted by Gasteiger charge is 2.34. The number of halogens is 4. The zero-order valence-corrected chi connectivity index (χ0v) is 18.6. The number of alkyl halides is 3. The number of carbonyl (C=O) groups excluding carboxylic acids is 1. The van der Waals surface area contributed by atoms with Gasteiger partial charge in [0.15, 0.2) is 5.65 Å². The molecule has 5 rings (SSSR count). The number of nitrogens with one attached hydrogen (secondary N) is 2. The molecule has 1 fully saturated rings. The Kier molecular flexibility index (Phi) is 5.76. The molecule has 0 unspecified atom stereocenters. The second-order valence-electron chi connectivity index (χ2n) is 8.35. The molecule has 1 aliphatic carbocycles. The quantitative estimate of drug-likeness (QED) is 0.417. The average molecular weight is 489 g/mol. The third-order valence-electron chi connectivity index (χ3n) is 5.98. The van der Waals surface area contributed by atoms with Crippen LogP contribution >= 0.6 is 11.6 Å². The van der Waals surface area contributed by atoms with Crippen molar-refractivity contribution in [3.63, 3.8) is 0 Å². The first-order chi connectivity index (χ1) is 16.3. The fraction of sp³-hybridized carbons (Fsp3) is 0.304. The van der Waals surface area contributed by atoms with Gasteiger partial charge >= 0.3 is 6.18 Å². The molecule has 7 nitrogen and oxygen atoms in total. The molecule has 0 bridgehead atoms. The van der Waals surface area contributed by atoms with Crippen LogP contribution in [0.5, 0.6) is 0 Å². The molecule has 1 aliphatic rings. The molecule has 1 amide bonds. The van der Waals surface area contributed by atoms with Gasteiger partial charge in [-0.05, 0) is 49.9 Å². The van der Waals surface area contributed by atoms with Crippen LogP contribution in [0.25, 0.3) is 16.6 Å². The monoisotopic (exact) mass is 488 g/mol. The van der Waals surface area contributed by atoms with Crippen LogP contribution in [0.2, 0.25) is 5.02 Å². The van der Waals surface area contributed by atoms with Gasteiger partial charge in [0.1, 0.15) is 11.4 Å². The lowest BCUT2D eigenvalue weighted by Crippen LogP contribution is -2.40. The summed E-state index contributed by atoms with van der Waals surface area (Å²) in [6, 6.07) is 5.57. The summed E-state index contributed by atoms with van der Waals surface area (Å²) >= 11 is 6.08. The first-order valence-electron chi connectivity index (χ1n) is 10.8. The van der Waals surface area contributed by atoms with Crippen LogP contribution in [0.15, 0.2) is 49.1 Å². The Bertz CT molecular complexity index is 1330. The summed E-state index contributed by atoms with van der Waals surface area (Å²) in [5.41, 5.74) is 0.529. The lowest BCUT2D eigenvalue weighted by molar-refractivity contribution is -0.140. The molecule has 4 aromatic rings. The van der Waals surface area contributed by atoms with E-state index in [2.05, 4.69) is 25.6 Å². The first kappa shape index (κ1) is 22.4. The molecule has 2 N–H and O–H groups in total. The summed E-state index contributed by atoms with van der Waals surface area (Å²) in [6.45, 7) is 0. The smallest absolute Gasteiger partial charge is 0.382 e. The highest BCUT2D eigenvalue weighted by atomic mass is 35.5. The lowest BCUT2D eigenvalue weighted by atomic mass is 9.90. The minimum absolute atomic E-state index is 0.0390. The van der Waals surface area contributed by atoms with E-state index in [-0.39, 0.29) is 23.5 Å². The second kappa shape index (κ2) is 8.75. The van der Waals surface area contributed by atoms with Crippen LogP contribution in [-0.2, 0) is 6.18 Å². The standard InChI is InChI=1S/C23H20ClF3N6O/c24-13-1-6-17-16(9-13)18(10-20(31-17)23(25,26)27)29-14-2-4-15(5-3-14)30-22(34)19-12-33-8-7-28-11-21(33)32-19/h1,6-12,14-15H,2-5H2,(H,29,31)(H,30,34)/t14-,15+. The van der Waals surface area contributed by atoms with Crippen molar-refractivity contribution in [1.29, 1.82) is 0 Å². The van der Waals surface area contributed by atoms with Crippen molar-refractivity contribution >= 4 is 39.7 Å². The second-order valence-corrected chi connectivity index (χ2v) is 8.78. The predicted octanol–water partition coefficient (Wildman–Crippen LogP) is 5.10. The van der Waals surface area contributed by atoms with Gasteiger partial charge in [-0.25, -0.2) is 9.97 Å². The molecule has 176 valence electrons. The van der Waals surface area contributed by atoms with E-state index in [1.54, 1.807) is 35.3 Å². The normalized spacial score (nSPS) is 18.8. The highest BCUT2D eigenvalue weighted by Crippen LogP contribution is 2.35. The Morgan fingerprint density at radius 3 is 2.59 bits per heavy atom. The Morgan fingerprint density at radius 2 is 1.85 bits per heavy atom. The summed E-state index contributed by atoms with van der Waals surface area (Å²) in [5, 5.41) is 7.22. The van der Waals surface area contributed by atoms with Gasteiger partial charge in [0.2, 0.25) is 0 Å². The summed E-state index contributed by atoms with van der Waals surface area (Å²) < 4.78 is 41.8. The van der Waals surface area contributed by atoms with Crippen molar-refractivity contribution in [3.8, 4) is 0 Å². The number of hydrogen-bond donors (Lipinski definition) is 2. The third-order valence-corrected chi connectivity index (χ3v) is 6.22. The van der Waals surface area contributed by atoms with E-state index in [1.807, 2.05) is 0 Å². The van der Waals surface area contributed by atoms with Crippen molar-refractivity contribution in [2.75, 3.05) is 5.32 Å². The van der Waals surface area contributed by atoms with Crippen LogP contribution in [0.4, 0.5) is 18.9 Å². The number of amides is 1. The topological polar surface area (TPSA) is 84.2 Å². The molecule has 3 heterocycles. The molecule has 11 heteroatoms. The maximum absolute atomic E-state index is 13.4. The minimum Gasteiger partial charge on any atom is -0.382 e. The number of imidazole rings is 1. The maximum atomic E-state index is 13.4. The summed E-state index contributed by atoms with van der Waals surface area (Å²) in [5.74, 6) is -0.260. The van der Waals surface area contributed by atoms with Crippen LogP contribution in [-0.4, -0.2) is 37.3 Å². The van der Waals surface area contributed by atoms with Gasteiger partial charge in [0.05, 0.1) is 11.7 Å². The van der Waals surface area contributed by atoms with E-state index in [0.29, 0.717) is 53.1 Å². The van der Waals surface area contributed by atoms with Crippen molar-refractivity contribution < 1.29 is 18.0 Å². The summed E-state index contributed by atoms with van der Waals surface area (Å²) in [6.07, 6.45) is 4.75. The predicted molar refractivity (Wildman–Crippen MR) is 122 cm³/mol. The van der Waals surface area contributed by atoms with Gasteiger partial charge in [-0.15, -0.1) is 0 Å². The number of pyridine rings is 1. The molecule has 0 saturated heterocycles. The SMILES string of the molecule is O=C(N[C@H]1CC[C@@H](Nc2cc(C(F)(F)F)nc3ccc(Cl)cc23)CC1)c1cn2ccncc2n1.